The molecule has 0 fully saturated rings. The average molecular weight is 651 g/mol. The van der Waals surface area contributed by atoms with Crippen LogP contribution in [0, 0.1) is 0 Å². The number of para-hydroxylation sites is 4. The van der Waals surface area contributed by atoms with Gasteiger partial charge >= 0.3 is 0 Å². The summed E-state index contributed by atoms with van der Waals surface area (Å²) >= 11 is 0. The van der Waals surface area contributed by atoms with Gasteiger partial charge in [0.15, 0.2) is 0 Å². The first-order valence-corrected chi connectivity index (χ1v) is 17.4. The molecular weight excluding hydrogens is 621 g/mol. The minimum atomic E-state index is 0.885. The lowest BCUT2D eigenvalue weighted by atomic mass is 9.92. The summed E-state index contributed by atoms with van der Waals surface area (Å²) in [6.45, 7) is 0. The molecule has 238 valence electrons. The quantitative estimate of drug-likeness (QED) is 0.186. The Hall–Kier alpha value is -6.84. The van der Waals surface area contributed by atoms with Gasteiger partial charge < -0.3 is 13.6 Å². The molecule has 3 heterocycles. The van der Waals surface area contributed by atoms with Crippen LogP contribution in [-0.2, 0) is 0 Å². The number of aromatic nitrogens is 2. The van der Waals surface area contributed by atoms with Crippen molar-refractivity contribution >= 4 is 65.6 Å². The summed E-state index contributed by atoms with van der Waals surface area (Å²) in [5.41, 5.74) is 13.6. The second-order valence-electron chi connectivity index (χ2n) is 13.3. The SMILES string of the molecule is c1ccc(-c2ccccc2-c2cccc3c2c2ccccc2n3-c2cccc3c4ccccc4n(-c4ccc5c(c4)oc4ccccc45)c23)cc1. The molecule has 0 aliphatic rings. The summed E-state index contributed by atoms with van der Waals surface area (Å²) < 4.78 is 11.3. The maximum Gasteiger partial charge on any atom is 0.137 e. The third-order valence-corrected chi connectivity index (χ3v) is 10.5. The molecule has 51 heavy (non-hydrogen) atoms. The van der Waals surface area contributed by atoms with Crippen molar-refractivity contribution in [2.75, 3.05) is 0 Å². The van der Waals surface area contributed by atoms with Gasteiger partial charge in [-0.05, 0) is 64.7 Å². The normalized spacial score (nSPS) is 11.9. The lowest BCUT2D eigenvalue weighted by Gasteiger charge is -2.15. The number of benzene rings is 8. The van der Waals surface area contributed by atoms with E-state index < -0.39 is 0 Å². The molecule has 3 heteroatoms. The first-order valence-electron chi connectivity index (χ1n) is 17.4. The zero-order chi connectivity index (χ0) is 33.5. The average Bonchev–Trinajstić information content (AvgIpc) is 3.86. The van der Waals surface area contributed by atoms with Crippen LogP contribution < -0.4 is 0 Å². The Kier molecular flexibility index (Phi) is 5.96. The van der Waals surface area contributed by atoms with Crippen molar-refractivity contribution in [3.63, 3.8) is 0 Å². The highest BCUT2D eigenvalue weighted by Crippen LogP contribution is 2.44. The Morgan fingerprint density at radius 1 is 0.353 bits per heavy atom. The fourth-order valence-corrected chi connectivity index (χ4v) is 8.39. The zero-order valence-corrected chi connectivity index (χ0v) is 27.6. The molecule has 0 aliphatic heterocycles. The highest BCUT2D eigenvalue weighted by molar-refractivity contribution is 6.19. The second kappa shape index (κ2) is 10.8. The molecule has 0 atom stereocenters. The molecule has 3 aromatic heterocycles. The van der Waals surface area contributed by atoms with E-state index in [0.29, 0.717) is 0 Å². The summed E-state index contributed by atoms with van der Waals surface area (Å²) in [4.78, 5) is 0. The van der Waals surface area contributed by atoms with E-state index in [1.807, 2.05) is 12.1 Å². The second-order valence-corrected chi connectivity index (χ2v) is 13.3. The van der Waals surface area contributed by atoms with Crippen molar-refractivity contribution in [3.8, 4) is 33.6 Å². The Morgan fingerprint density at radius 2 is 0.961 bits per heavy atom. The van der Waals surface area contributed by atoms with Crippen molar-refractivity contribution in [1.29, 1.82) is 0 Å². The van der Waals surface area contributed by atoms with Gasteiger partial charge in [0.2, 0.25) is 0 Å². The zero-order valence-electron chi connectivity index (χ0n) is 27.6. The van der Waals surface area contributed by atoms with Crippen LogP contribution in [0.5, 0.6) is 0 Å². The summed E-state index contributed by atoms with van der Waals surface area (Å²) in [6, 6.07) is 65.5. The Labute approximate surface area is 293 Å². The van der Waals surface area contributed by atoms with E-state index in [1.165, 1.54) is 54.8 Å². The van der Waals surface area contributed by atoms with Crippen LogP contribution in [0.1, 0.15) is 0 Å². The molecule has 0 N–H and O–H groups in total. The molecule has 0 unspecified atom stereocenters. The molecule has 11 aromatic rings. The molecule has 8 aromatic carbocycles. The number of fused-ring (bicyclic) bond motifs is 9. The number of furan rings is 1. The van der Waals surface area contributed by atoms with Crippen LogP contribution in [0.2, 0.25) is 0 Å². The van der Waals surface area contributed by atoms with Gasteiger partial charge in [0, 0.05) is 38.4 Å². The molecule has 3 nitrogen and oxygen atoms in total. The minimum absolute atomic E-state index is 0.885. The number of hydrogen-bond acceptors (Lipinski definition) is 1. The van der Waals surface area contributed by atoms with Crippen molar-refractivity contribution in [1.82, 2.24) is 9.13 Å². The molecule has 0 amide bonds. The maximum atomic E-state index is 6.41. The van der Waals surface area contributed by atoms with Gasteiger partial charge in [-0.15, -0.1) is 0 Å². The fourth-order valence-electron chi connectivity index (χ4n) is 8.39. The first-order chi connectivity index (χ1) is 25.3. The van der Waals surface area contributed by atoms with Gasteiger partial charge in [-0.2, -0.15) is 0 Å². The highest BCUT2D eigenvalue weighted by Gasteiger charge is 2.22. The fraction of sp³-hybridized carbons (Fsp3) is 0. The summed E-state index contributed by atoms with van der Waals surface area (Å²) in [5, 5.41) is 7.17. The number of rotatable bonds is 4. The van der Waals surface area contributed by atoms with E-state index in [0.717, 1.165) is 44.3 Å². The predicted molar refractivity (Wildman–Crippen MR) is 213 cm³/mol. The molecular formula is C48H30N2O. The monoisotopic (exact) mass is 650 g/mol. The van der Waals surface area contributed by atoms with Crippen molar-refractivity contribution < 1.29 is 4.42 Å². The first kappa shape index (κ1) is 28.0. The Balaban J connectivity index is 1.24. The topological polar surface area (TPSA) is 23.0 Å². The predicted octanol–water partition coefficient (Wildman–Crippen LogP) is 13.1. The number of hydrogen-bond donors (Lipinski definition) is 0. The van der Waals surface area contributed by atoms with E-state index >= 15 is 0 Å². The molecule has 0 aliphatic carbocycles. The molecule has 0 spiro atoms. The molecule has 0 saturated carbocycles. The summed E-state index contributed by atoms with van der Waals surface area (Å²) in [5.74, 6) is 0. The van der Waals surface area contributed by atoms with Crippen LogP contribution in [0.25, 0.3) is 99.2 Å². The van der Waals surface area contributed by atoms with E-state index in [2.05, 4.69) is 179 Å². The highest BCUT2D eigenvalue weighted by atomic mass is 16.3. The molecule has 0 saturated heterocycles. The Bertz CT molecular complexity index is 3140. The summed E-state index contributed by atoms with van der Waals surface area (Å²) in [6.07, 6.45) is 0. The Morgan fingerprint density at radius 3 is 1.82 bits per heavy atom. The van der Waals surface area contributed by atoms with Crippen molar-refractivity contribution in [2.45, 2.75) is 0 Å². The lowest BCUT2D eigenvalue weighted by Crippen LogP contribution is -2.00. The van der Waals surface area contributed by atoms with Crippen molar-refractivity contribution in [3.05, 3.63) is 182 Å². The third-order valence-electron chi connectivity index (χ3n) is 10.5. The van der Waals surface area contributed by atoms with Crippen LogP contribution in [-0.4, -0.2) is 9.13 Å². The summed E-state index contributed by atoms with van der Waals surface area (Å²) in [7, 11) is 0. The molecule has 0 bridgehead atoms. The minimum Gasteiger partial charge on any atom is -0.456 e. The van der Waals surface area contributed by atoms with E-state index in [-0.39, 0.29) is 0 Å². The van der Waals surface area contributed by atoms with Crippen molar-refractivity contribution in [2.24, 2.45) is 0 Å². The van der Waals surface area contributed by atoms with Crippen LogP contribution >= 0.6 is 0 Å². The standard InChI is InChI=1S/C48H30N2O/c1-2-14-31(15-3-1)33-16-4-5-17-34(33)38-21-12-25-43-47(38)40-20-7-10-24-42(40)50(43)44-26-13-22-39-35-18-6-9-23-41(35)49(48(39)44)32-28-29-37-36-19-8-11-27-45(36)51-46(37)30-32/h1-30H. The van der Waals surface area contributed by atoms with Gasteiger partial charge in [-0.1, -0.05) is 133 Å². The molecule has 0 radical (unpaired) electrons. The molecule has 11 rings (SSSR count). The van der Waals surface area contributed by atoms with Crippen LogP contribution in [0.4, 0.5) is 0 Å². The largest absolute Gasteiger partial charge is 0.456 e. The number of nitrogens with zero attached hydrogens (tertiary/aromatic N) is 2. The lowest BCUT2D eigenvalue weighted by molar-refractivity contribution is 0.668. The van der Waals surface area contributed by atoms with Crippen LogP contribution in [0.15, 0.2) is 186 Å². The van der Waals surface area contributed by atoms with Gasteiger partial charge in [0.25, 0.3) is 0 Å². The van der Waals surface area contributed by atoms with Gasteiger partial charge in [-0.3, -0.25) is 0 Å². The van der Waals surface area contributed by atoms with Gasteiger partial charge in [0.1, 0.15) is 11.2 Å². The van der Waals surface area contributed by atoms with E-state index in [9.17, 15) is 0 Å². The smallest absolute Gasteiger partial charge is 0.137 e. The maximum absolute atomic E-state index is 6.41. The van der Waals surface area contributed by atoms with E-state index in [4.69, 9.17) is 4.42 Å². The van der Waals surface area contributed by atoms with Crippen LogP contribution in [0.3, 0.4) is 0 Å². The van der Waals surface area contributed by atoms with Gasteiger partial charge in [-0.25, -0.2) is 0 Å². The third kappa shape index (κ3) is 4.06. The van der Waals surface area contributed by atoms with Gasteiger partial charge in [0.05, 0.1) is 33.4 Å². The van der Waals surface area contributed by atoms with E-state index in [1.54, 1.807) is 0 Å².